The number of hydrogen-bond donors (Lipinski definition) is 0. The number of nitrogens with zero attached hydrogens (tertiary/aromatic N) is 1. The van der Waals surface area contributed by atoms with E-state index >= 15 is 0 Å². The molecule has 1 rings (SSSR count). The van der Waals surface area contributed by atoms with Crippen LogP contribution in [0.4, 0.5) is 0 Å². The number of esters is 1. The fourth-order valence-electron chi connectivity index (χ4n) is 2.01. The summed E-state index contributed by atoms with van der Waals surface area (Å²) in [5, 5.41) is 0. The number of carbonyl (C=O) groups is 1. The molecular weight excluding hydrogens is 214 g/mol. The van der Waals surface area contributed by atoms with Crippen LogP contribution < -0.4 is 0 Å². The summed E-state index contributed by atoms with van der Waals surface area (Å²) in [5.41, 5.74) is 0. The van der Waals surface area contributed by atoms with E-state index in [1.54, 1.807) is 0 Å². The Bertz CT molecular complexity index is 284. The lowest BCUT2D eigenvalue weighted by Gasteiger charge is -2.23. The first kappa shape index (κ1) is 14.1. The van der Waals surface area contributed by atoms with Crippen LogP contribution in [0.15, 0.2) is 0 Å². The molecule has 0 aromatic carbocycles. The molecule has 0 N–H and O–H groups in total. The quantitative estimate of drug-likeness (QED) is 0.554. The normalized spacial score (nSPS) is 18.0. The van der Waals surface area contributed by atoms with Crippen LogP contribution in [-0.2, 0) is 9.53 Å². The highest BCUT2D eigenvalue weighted by Crippen LogP contribution is 2.07. The third-order valence-electron chi connectivity index (χ3n) is 2.87. The second-order valence-corrected chi connectivity index (χ2v) is 4.54. The second kappa shape index (κ2) is 8.14. The molecule has 1 heterocycles. The maximum Gasteiger partial charge on any atom is 0.303 e. The van der Waals surface area contributed by atoms with Crippen LogP contribution in [-0.4, -0.2) is 36.6 Å². The van der Waals surface area contributed by atoms with Gasteiger partial charge < -0.3 is 4.74 Å². The predicted molar refractivity (Wildman–Crippen MR) is 68.5 cm³/mol. The number of rotatable bonds is 4. The zero-order valence-electron chi connectivity index (χ0n) is 11.0. The zero-order chi connectivity index (χ0) is 12.5. The Labute approximate surface area is 105 Å². The summed E-state index contributed by atoms with van der Waals surface area (Å²) in [7, 11) is 0. The average molecular weight is 237 g/mol. The molecule has 1 aliphatic rings. The smallest absolute Gasteiger partial charge is 0.303 e. The lowest BCUT2D eigenvalue weighted by Crippen LogP contribution is -2.30. The number of piperidine rings is 1. The molecule has 0 saturated carbocycles. The highest BCUT2D eigenvalue weighted by atomic mass is 16.5. The minimum Gasteiger partial charge on any atom is -0.449 e. The van der Waals surface area contributed by atoms with E-state index in [-0.39, 0.29) is 12.1 Å². The SMILES string of the molecule is CCC[C@H](C#CCN1CCCCC1)OC(C)=O. The zero-order valence-corrected chi connectivity index (χ0v) is 11.0. The first-order valence-electron chi connectivity index (χ1n) is 6.60. The Hall–Kier alpha value is -1.01. The maximum atomic E-state index is 10.9. The van der Waals surface area contributed by atoms with Crippen molar-refractivity contribution in [2.45, 2.75) is 52.1 Å². The van der Waals surface area contributed by atoms with E-state index in [2.05, 4.69) is 23.7 Å². The van der Waals surface area contributed by atoms with Gasteiger partial charge in [0.15, 0.2) is 6.10 Å². The van der Waals surface area contributed by atoms with Crippen LogP contribution in [0.3, 0.4) is 0 Å². The maximum absolute atomic E-state index is 10.9. The summed E-state index contributed by atoms with van der Waals surface area (Å²) >= 11 is 0. The Balaban J connectivity index is 2.34. The van der Waals surface area contributed by atoms with Crippen LogP contribution in [0.5, 0.6) is 0 Å². The monoisotopic (exact) mass is 237 g/mol. The van der Waals surface area contributed by atoms with Crippen molar-refractivity contribution in [3.05, 3.63) is 0 Å². The molecule has 1 fully saturated rings. The molecule has 0 amide bonds. The summed E-state index contributed by atoms with van der Waals surface area (Å²) in [6.45, 7) is 6.63. The van der Waals surface area contributed by atoms with Crippen molar-refractivity contribution < 1.29 is 9.53 Å². The van der Waals surface area contributed by atoms with Crippen molar-refractivity contribution in [2.75, 3.05) is 19.6 Å². The summed E-state index contributed by atoms with van der Waals surface area (Å²) in [4.78, 5) is 13.3. The minimum atomic E-state index is -0.240. The van der Waals surface area contributed by atoms with Crippen molar-refractivity contribution >= 4 is 5.97 Å². The van der Waals surface area contributed by atoms with Crippen LogP contribution >= 0.6 is 0 Å². The van der Waals surface area contributed by atoms with E-state index in [1.807, 2.05) is 0 Å². The lowest BCUT2D eigenvalue weighted by atomic mass is 10.1. The summed E-state index contributed by atoms with van der Waals surface area (Å²) < 4.78 is 5.15. The average Bonchev–Trinajstić information content (AvgIpc) is 2.30. The van der Waals surface area contributed by atoms with Gasteiger partial charge in [0.25, 0.3) is 0 Å². The van der Waals surface area contributed by atoms with Gasteiger partial charge in [-0.1, -0.05) is 31.6 Å². The summed E-state index contributed by atoms with van der Waals surface area (Å²) in [5.74, 6) is 5.97. The van der Waals surface area contributed by atoms with Crippen molar-refractivity contribution in [2.24, 2.45) is 0 Å². The fourth-order valence-corrected chi connectivity index (χ4v) is 2.01. The van der Waals surface area contributed by atoms with Crippen molar-refractivity contribution in [1.82, 2.24) is 4.90 Å². The van der Waals surface area contributed by atoms with Crippen molar-refractivity contribution in [3.63, 3.8) is 0 Å². The third kappa shape index (κ3) is 6.33. The molecule has 0 aliphatic carbocycles. The van der Waals surface area contributed by atoms with E-state index < -0.39 is 0 Å². The molecule has 0 unspecified atom stereocenters. The van der Waals surface area contributed by atoms with E-state index in [1.165, 1.54) is 26.2 Å². The Morgan fingerprint density at radius 2 is 2.06 bits per heavy atom. The van der Waals surface area contributed by atoms with Gasteiger partial charge in [-0.05, 0) is 32.4 Å². The molecule has 1 saturated heterocycles. The molecule has 3 heteroatoms. The number of hydrogen-bond acceptors (Lipinski definition) is 3. The molecule has 0 aromatic rings. The van der Waals surface area contributed by atoms with Gasteiger partial charge in [-0.25, -0.2) is 0 Å². The van der Waals surface area contributed by atoms with Crippen molar-refractivity contribution in [3.8, 4) is 11.8 Å². The first-order valence-corrected chi connectivity index (χ1v) is 6.60. The lowest BCUT2D eigenvalue weighted by molar-refractivity contribution is -0.143. The largest absolute Gasteiger partial charge is 0.449 e. The molecule has 3 nitrogen and oxygen atoms in total. The van der Waals surface area contributed by atoms with Gasteiger partial charge in [0.2, 0.25) is 0 Å². The fraction of sp³-hybridized carbons (Fsp3) is 0.786. The third-order valence-corrected chi connectivity index (χ3v) is 2.87. The summed E-state index contributed by atoms with van der Waals surface area (Å²) in [6.07, 6.45) is 5.49. The predicted octanol–water partition coefficient (Wildman–Crippen LogP) is 2.21. The molecule has 1 atom stereocenters. The molecule has 0 bridgehead atoms. The topological polar surface area (TPSA) is 29.5 Å². The summed E-state index contributed by atoms with van der Waals surface area (Å²) in [6, 6.07) is 0. The van der Waals surface area contributed by atoms with Crippen LogP contribution in [0.25, 0.3) is 0 Å². The Kier molecular flexibility index (Phi) is 6.73. The molecule has 17 heavy (non-hydrogen) atoms. The van der Waals surface area contributed by atoms with Crippen LogP contribution in [0.2, 0.25) is 0 Å². The van der Waals surface area contributed by atoms with Gasteiger partial charge in [0, 0.05) is 6.92 Å². The minimum absolute atomic E-state index is 0.220. The molecule has 0 aromatic heterocycles. The Morgan fingerprint density at radius 3 is 2.65 bits per heavy atom. The van der Waals surface area contributed by atoms with Gasteiger partial charge >= 0.3 is 5.97 Å². The van der Waals surface area contributed by atoms with E-state index in [9.17, 15) is 4.79 Å². The van der Waals surface area contributed by atoms with Gasteiger partial charge in [-0.3, -0.25) is 9.69 Å². The standard InChI is InChI=1S/C14H23NO2/c1-3-8-14(17-13(2)16)9-7-12-15-10-5-4-6-11-15/h14H,3-6,8,10-12H2,1-2H3/t14-/m1/s1. The number of likely N-dealkylation sites (tertiary alicyclic amines) is 1. The molecular formula is C14H23NO2. The van der Waals surface area contributed by atoms with Gasteiger partial charge in [-0.2, -0.15) is 0 Å². The molecule has 0 spiro atoms. The first-order chi connectivity index (χ1) is 8.22. The van der Waals surface area contributed by atoms with E-state index in [0.29, 0.717) is 0 Å². The van der Waals surface area contributed by atoms with Gasteiger partial charge in [-0.15, -0.1) is 0 Å². The molecule has 1 aliphatic heterocycles. The van der Waals surface area contributed by atoms with E-state index in [0.717, 1.165) is 32.5 Å². The van der Waals surface area contributed by atoms with Crippen LogP contribution in [0, 0.1) is 11.8 Å². The van der Waals surface area contributed by atoms with Gasteiger partial charge in [0.05, 0.1) is 6.54 Å². The second-order valence-electron chi connectivity index (χ2n) is 4.54. The highest BCUT2D eigenvalue weighted by molar-refractivity contribution is 5.66. The highest BCUT2D eigenvalue weighted by Gasteiger charge is 2.09. The molecule has 0 radical (unpaired) electrons. The van der Waals surface area contributed by atoms with Crippen LogP contribution in [0.1, 0.15) is 46.0 Å². The van der Waals surface area contributed by atoms with Gasteiger partial charge in [0.1, 0.15) is 0 Å². The number of carbonyl (C=O) groups excluding carboxylic acids is 1. The van der Waals surface area contributed by atoms with Crippen molar-refractivity contribution in [1.29, 1.82) is 0 Å². The Morgan fingerprint density at radius 1 is 1.35 bits per heavy atom. The van der Waals surface area contributed by atoms with E-state index in [4.69, 9.17) is 4.74 Å². The number of ether oxygens (including phenoxy) is 1. The molecule has 96 valence electrons.